The van der Waals surface area contributed by atoms with E-state index in [1.165, 1.54) is 0 Å². The minimum atomic E-state index is -0.668. The summed E-state index contributed by atoms with van der Waals surface area (Å²) in [6, 6.07) is 0. The van der Waals surface area contributed by atoms with E-state index in [0.29, 0.717) is 12.8 Å². The molecular weight excluding hydrogens is 152 g/mol. The predicted octanol–water partition coefficient (Wildman–Crippen LogP) is 1.67. The Kier molecular flexibility index (Phi) is 5.65. The average molecular weight is 165 g/mol. The van der Waals surface area contributed by atoms with Crippen LogP contribution in [-0.4, -0.2) is 15.1 Å². The van der Waals surface area contributed by atoms with Crippen LogP contribution in [0.1, 0.15) is 12.8 Å². The minimum absolute atomic E-state index is 0.0777. The van der Waals surface area contributed by atoms with Crippen LogP contribution < -0.4 is 0 Å². The molecular formula is C9H13OSi. The Labute approximate surface area is 70.9 Å². The first-order valence-electron chi connectivity index (χ1n) is 3.54. The van der Waals surface area contributed by atoms with Crippen molar-refractivity contribution in [3.8, 4) is 24.7 Å². The van der Waals surface area contributed by atoms with Gasteiger partial charge in [-0.15, -0.1) is 24.7 Å². The number of hydrogen-bond donors (Lipinski definition) is 0. The zero-order chi connectivity index (χ0) is 8.69. The van der Waals surface area contributed by atoms with Crippen LogP contribution in [0, 0.1) is 24.7 Å². The summed E-state index contributed by atoms with van der Waals surface area (Å²) in [5.41, 5.74) is 0. The van der Waals surface area contributed by atoms with Gasteiger partial charge in [0.25, 0.3) is 0 Å². The van der Waals surface area contributed by atoms with Crippen molar-refractivity contribution in [2.75, 3.05) is 0 Å². The maximum atomic E-state index is 5.55. The first-order valence-corrected chi connectivity index (χ1v) is 5.95. The molecule has 0 fully saturated rings. The molecule has 0 aliphatic heterocycles. The predicted molar refractivity (Wildman–Crippen MR) is 49.3 cm³/mol. The molecule has 0 amide bonds. The molecule has 0 bridgehead atoms. The summed E-state index contributed by atoms with van der Waals surface area (Å²) >= 11 is 0. The van der Waals surface area contributed by atoms with Crippen LogP contribution in [0.25, 0.3) is 0 Å². The van der Waals surface area contributed by atoms with Crippen molar-refractivity contribution in [3.05, 3.63) is 0 Å². The van der Waals surface area contributed by atoms with E-state index in [9.17, 15) is 0 Å². The highest BCUT2D eigenvalue weighted by atomic mass is 28.3. The van der Waals surface area contributed by atoms with Gasteiger partial charge in [-0.3, -0.25) is 0 Å². The van der Waals surface area contributed by atoms with Gasteiger partial charge in [-0.2, -0.15) is 0 Å². The molecule has 11 heavy (non-hydrogen) atoms. The Morgan fingerprint density at radius 1 is 1.27 bits per heavy atom. The molecule has 0 aromatic heterocycles. The van der Waals surface area contributed by atoms with Gasteiger partial charge in [0.05, 0.1) is 6.10 Å². The Balaban J connectivity index is 3.73. The second-order valence-electron chi connectivity index (χ2n) is 2.46. The number of hydrogen-bond acceptors (Lipinski definition) is 1. The second-order valence-corrected chi connectivity index (χ2v) is 4.52. The highest BCUT2D eigenvalue weighted by molar-refractivity contribution is 6.48. The fraction of sp³-hybridized carbons (Fsp3) is 0.556. The Hall–Kier alpha value is -0.703. The molecule has 0 heterocycles. The lowest BCUT2D eigenvalue weighted by Gasteiger charge is -2.14. The van der Waals surface area contributed by atoms with Crippen LogP contribution in [0.3, 0.4) is 0 Å². The molecule has 0 aliphatic rings. The van der Waals surface area contributed by atoms with E-state index in [-0.39, 0.29) is 6.10 Å². The van der Waals surface area contributed by atoms with Gasteiger partial charge < -0.3 is 4.43 Å². The first-order chi connectivity index (χ1) is 5.20. The molecule has 0 aliphatic carbocycles. The zero-order valence-electron chi connectivity index (χ0n) is 7.05. The van der Waals surface area contributed by atoms with E-state index < -0.39 is 9.04 Å². The molecule has 0 aromatic carbocycles. The van der Waals surface area contributed by atoms with Crippen molar-refractivity contribution in [2.45, 2.75) is 32.0 Å². The molecule has 0 N–H and O–H groups in total. The topological polar surface area (TPSA) is 9.23 Å². The zero-order valence-corrected chi connectivity index (χ0v) is 8.05. The van der Waals surface area contributed by atoms with E-state index >= 15 is 0 Å². The summed E-state index contributed by atoms with van der Waals surface area (Å²) in [5, 5.41) is 0. The van der Waals surface area contributed by atoms with Crippen LogP contribution >= 0.6 is 0 Å². The third-order valence-electron chi connectivity index (χ3n) is 1.09. The molecule has 0 atom stereocenters. The van der Waals surface area contributed by atoms with E-state index in [1.807, 2.05) is 0 Å². The second kappa shape index (κ2) is 6.04. The molecule has 59 valence electrons. The van der Waals surface area contributed by atoms with Crippen LogP contribution in [0.5, 0.6) is 0 Å². The Morgan fingerprint density at radius 2 is 1.73 bits per heavy atom. The van der Waals surface area contributed by atoms with Crippen molar-refractivity contribution >= 4 is 9.04 Å². The lowest BCUT2D eigenvalue weighted by atomic mass is 10.2. The average Bonchev–Trinajstić information content (AvgIpc) is 1.87. The van der Waals surface area contributed by atoms with Crippen molar-refractivity contribution in [1.82, 2.24) is 0 Å². The Morgan fingerprint density at radius 3 is 2.00 bits per heavy atom. The maximum Gasteiger partial charge on any atom is 0.205 e. The monoisotopic (exact) mass is 165 g/mol. The van der Waals surface area contributed by atoms with Gasteiger partial charge in [0, 0.05) is 12.8 Å². The lowest BCUT2D eigenvalue weighted by molar-refractivity contribution is 0.217. The van der Waals surface area contributed by atoms with Crippen LogP contribution in [0.15, 0.2) is 0 Å². The van der Waals surface area contributed by atoms with Crippen molar-refractivity contribution in [2.24, 2.45) is 0 Å². The molecule has 1 radical (unpaired) electrons. The normalized spacial score (nSPS) is 9.64. The minimum Gasteiger partial charge on any atom is -0.412 e. The molecule has 0 spiro atoms. The molecule has 1 nitrogen and oxygen atoms in total. The summed E-state index contributed by atoms with van der Waals surface area (Å²) < 4.78 is 5.55. The highest BCUT2D eigenvalue weighted by Crippen LogP contribution is 2.03. The third-order valence-corrected chi connectivity index (χ3v) is 1.90. The van der Waals surface area contributed by atoms with Gasteiger partial charge in [-0.25, -0.2) is 0 Å². The van der Waals surface area contributed by atoms with Crippen LogP contribution in [0.4, 0.5) is 0 Å². The lowest BCUT2D eigenvalue weighted by Crippen LogP contribution is -2.19. The van der Waals surface area contributed by atoms with E-state index in [1.54, 1.807) is 0 Å². The summed E-state index contributed by atoms with van der Waals surface area (Å²) in [6.45, 7) is 4.15. The molecule has 0 unspecified atom stereocenters. The SMILES string of the molecule is C#CCC(CC#C)O[Si](C)C. The van der Waals surface area contributed by atoms with E-state index in [4.69, 9.17) is 17.3 Å². The smallest absolute Gasteiger partial charge is 0.205 e. The Bertz CT molecular complexity index is 157. The molecule has 0 aromatic rings. The van der Waals surface area contributed by atoms with Crippen molar-refractivity contribution in [1.29, 1.82) is 0 Å². The fourth-order valence-electron chi connectivity index (χ4n) is 0.752. The van der Waals surface area contributed by atoms with Gasteiger partial charge in [0.15, 0.2) is 0 Å². The fourth-order valence-corrected chi connectivity index (χ4v) is 1.59. The maximum absolute atomic E-state index is 5.55. The summed E-state index contributed by atoms with van der Waals surface area (Å²) in [7, 11) is -0.668. The van der Waals surface area contributed by atoms with E-state index in [2.05, 4.69) is 24.9 Å². The van der Waals surface area contributed by atoms with Gasteiger partial charge in [0.1, 0.15) is 0 Å². The van der Waals surface area contributed by atoms with Crippen LogP contribution in [0.2, 0.25) is 13.1 Å². The van der Waals surface area contributed by atoms with Gasteiger partial charge in [-0.1, -0.05) is 0 Å². The largest absolute Gasteiger partial charge is 0.412 e. The van der Waals surface area contributed by atoms with Gasteiger partial charge in [-0.05, 0) is 13.1 Å². The summed E-state index contributed by atoms with van der Waals surface area (Å²) in [4.78, 5) is 0. The van der Waals surface area contributed by atoms with Crippen molar-refractivity contribution in [3.63, 3.8) is 0 Å². The highest BCUT2D eigenvalue weighted by Gasteiger charge is 2.08. The molecule has 0 saturated carbocycles. The molecule has 0 rings (SSSR count). The quantitative estimate of drug-likeness (QED) is 0.455. The van der Waals surface area contributed by atoms with E-state index in [0.717, 1.165) is 0 Å². The van der Waals surface area contributed by atoms with Crippen molar-refractivity contribution < 1.29 is 4.43 Å². The first kappa shape index (κ1) is 10.3. The standard InChI is InChI=1S/C9H13OSi/c1-5-7-9(8-6-2)10-11(3)4/h1-2,9H,7-8H2,3-4H3. The third kappa shape index (κ3) is 5.73. The summed E-state index contributed by atoms with van der Waals surface area (Å²) in [6.07, 6.45) is 11.6. The number of rotatable bonds is 4. The van der Waals surface area contributed by atoms with Gasteiger partial charge in [0.2, 0.25) is 9.04 Å². The summed E-state index contributed by atoms with van der Waals surface area (Å²) in [5.74, 6) is 5.11. The van der Waals surface area contributed by atoms with Crippen LogP contribution in [-0.2, 0) is 4.43 Å². The number of terminal acetylenes is 2. The van der Waals surface area contributed by atoms with Gasteiger partial charge >= 0.3 is 0 Å². The molecule has 2 heteroatoms. The molecule has 0 saturated heterocycles.